The molecule has 1 fully saturated rings. The van der Waals surface area contributed by atoms with Crippen molar-refractivity contribution in [2.45, 2.75) is 63.8 Å². The molecule has 3 heterocycles. The van der Waals surface area contributed by atoms with Crippen molar-refractivity contribution in [3.05, 3.63) is 26.8 Å². The first-order chi connectivity index (χ1) is 14.0. The Bertz CT molecular complexity index is 1080. The Morgan fingerprint density at radius 2 is 2.00 bits per heavy atom. The van der Waals surface area contributed by atoms with Crippen LogP contribution in [-0.2, 0) is 17.6 Å². The highest BCUT2D eigenvalue weighted by Gasteiger charge is 2.30. The molecule has 3 aromatic rings. The molecule has 2 aliphatic rings. The van der Waals surface area contributed by atoms with Crippen LogP contribution in [-0.4, -0.2) is 26.6 Å². The van der Waals surface area contributed by atoms with E-state index in [4.69, 9.17) is 9.97 Å². The smallest absolute Gasteiger partial charge is 0.236 e. The molecule has 1 atom stereocenters. The van der Waals surface area contributed by atoms with Crippen LogP contribution in [0.5, 0.6) is 0 Å². The number of aromatic nitrogens is 3. The van der Waals surface area contributed by atoms with Crippen LogP contribution < -0.4 is 5.32 Å². The summed E-state index contributed by atoms with van der Waals surface area (Å²) in [6.45, 7) is 6.32. The summed E-state index contributed by atoms with van der Waals surface area (Å²) in [7, 11) is 0. The number of hydrogen-bond donors (Lipinski definition) is 1. The number of aryl methyl sites for hydroxylation is 3. The first kappa shape index (κ1) is 19.5. The summed E-state index contributed by atoms with van der Waals surface area (Å²) in [6.07, 6.45) is 5.82. The van der Waals surface area contributed by atoms with Crippen LogP contribution in [0.4, 0.5) is 5.13 Å². The van der Waals surface area contributed by atoms with Crippen molar-refractivity contribution < 1.29 is 4.79 Å². The Balaban J connectivity index is 1.41. The summed E-state index contributed by atoms with van der Waals surface area (Å²) in [4.78, 5) is 30.5. The molecular formula is C21H24N4OS3. The molecular weight excluding hydrogens is 420 g/mol. The summed E-state index contributed by atoms with van der Waals surface area (Å²) in [5.41, 5.74) is 2.41. The number of hydrogen-bond acceptors (Lipinski definition) is 7. The highest BCUT2D eigenvalue weighted by molar-refractivity contribution is 8.00. The molecule has 5 rings (SSSR count). The lowest BCUT2D eigenvalue weighted by atomic mass is 9.89. The second kappa shape index (κ2) is 7.63. The fourth-order valence-corrected chi connectivity index (χ4v) is 6.92. The summed E-state index contributed by atoms with van der Waals surface area (Å²) >= 11 is 4.92. The minimum atomic E-state index is -0.0267. The molecule has 0 unspecified atom stereocenters. The molecule has 0 saturated heterocycles. The Labute approximate surface area is 182 Å². The van der Waals surface area contributed by atoms with Crippen molar-refractivity contribution >= 4 is 55.7 Å². The summed E-state index contributed by atoms with van der Waals surface area (Å²) in [5.74, 6) is 2.53. The normalized spacial score (nSPS) is 18.8. The Morgan fingerprint density at radius 1 is 1.17 bits per heavy atom. The summed E-state index contributed by atoms with van der Waals surface area (Å²) in [5, 5.41) is 5.82. The van der Waals surface area contributed by atoms with Crippen molar-refractivity contribution in [2.75, 3.05) is 11.1 Å². The average molecular weight is 445 g/mol. The first-order valence-corrected chi connectivity index (χ1v) is 12.8. The van der Waals surface area contributed by atoms with Crippen LogP contribution in [0.2, 0.25) is 0 Å². The standard InChI is InChI=1S/C21H24N4OS3/c1-10-4-7-14-15(8-10)29-20-17(14)19(24-18(25-20)13-5-6-13)27-9-16(26)23-21-22-11(2)12(3)28-21/h10,13H,4-9H2,1-3H3,(H,22,23,26)/t10-/m1/s1. The third-order valence-electron chi connectivity index (χ3n) is 5.70. The van der Waals surface area contributed by atoms with Crippen molar-refractivity contribution in [1.82, 2.24) is 15.0 Å². The van der Waals surface area contributed by atoms with Crippen molar-refractivity contribution in [2.24, 2.45) is 5.92 Å². The third kappa shape index (κ3) is 3.94. The predicted octanol–water partition coefficient (Wildman–Crippen LogP) is 5.50. The van der Waals surface area contributed by atoms with Crippen LogP contribution in [0.3, 0.4) is 0 Å². The van der Waals surface area contributed by atoms with E-state index in [1.165, 1.54) is 46.4 Å². The van der Waals surface area contributed by atoms with Gasteiger partial charge in [0, 0.05) is 21.1 Å². The predicted molar refractivity (Wildman–Crippen MR) is 122 cm³/mol. The number of carbonyl (C=O) groups is 1. The molecule has 0 bridgehead atoms. The monoisotopic (exact) mass is 444 g/mol. The lowest BCUT2D eigenvalue weighted by molar-refractivity contribution is -0.113. The molecule has 0 radical (unpaired) electrons. The van der Waals surface area contributed by atoms with Gasteiger partial charge in [0.1, 0.15) is 15.7 Å². The molecule has 0 aliphatic heterocycles. The minimum Gasteiger partial charge on any atom is -0.301 e. The topological polar surface area (TPSA) is 67.8 Å². The minimum absolute atomic E-state index is 0.0267. The number of nitrogens with one attached hydrogen (secondary N) is 1. The van der Waals surface area contributed by atoms with E-state index in [0.29, 0.717) is 16.8 Å². The van der Waals surface area contributed by atoms with Gasteiger partial charge in [-0.15, -0.1) is 22.7 Å². The quantitative estimate of drug-likeness (QED) is 0.416. The van der Waals surface area contributed by atoms with Gasteiger partial charge in [0.25, 0.3) is 0 Å². The van der Waals surface area contributed by atoms with Crippen LogP contribution in [0, 0.1) is 19.8 Å². The Morgan fingerprint density at radius 3 is 2.72 bits per heavy atom. The van der Waals surface area contributed by atoms with E-state index in [2.05, 4.69) is 17.2 Å². The average Bonchev–Trinajstić information content (AvgIpc) is 3.39. The number of anilines is 1. The van der Waals surface area contributed by atoms with E-state index in [1.807, 2.05) is 25.2 Å². The number of rotatable bonds is 5. The maximum Gasteiger partial charge on any atom is 0.236 e. The molecule has 152 valence electrons. The molecule has 8 heteroatoms. The molecule has 1 amide bonds. The van der Waals surface area contributed by atoms with Gasteiger partial charge in [0.2, 0.25) is 5.91 Å². The first-order valence-electron chi connectivity index (χ1n) is 10.2. The third-order valence-corrected chi connectivity index (χ3v) is 8.81. The molecule has 0 aromatic carbocycles. The van der Waals surface area contributed by atoms with Crippen LogP contribution >= 0.6 is 34.4 Å². The van der Waals surface area contributed by atoms with Crippen LogP contribution in [0.15, 0.2) is 5.03 Å². The number of thioether (sulfide) groups is 1. The number of fused-ring (bicyclic) bond motifs is 3. The number of nitrogens with zero attached hydrogens (tertiary/aromatic N) is 3. The summed E-state index contributed by atoms with van der Waals surface area (Å²) in [6, 6.07) is 0. The zero-order valence-corrected chi connectivity index (χ0v) is 19.3. The van der Waals surface area contributed by atoms with Crippen molar-refractivity contribution in [3.8, 4) is 0 Å². The highest BCUT2D eigenvalue weighted by atomic mass is 32.2. The molecule has 5 nitrogen and oxygen atoms in total. The van der Waals surface area contributed by atoms with E-state index >= 15 is 0 Å². The van der Waals surface area contributed by atoms with Gasteiger partial charge in [-0.1, -0.05) is 18.7 Å². The molecule has 3 aromatic heterocycles. The van der Waals surface area contributed by atoms with E-state index in [9.17, 15) is 4.79 Å². The number of carbonyl (C=O) groups excluding carboxylic acids is 1. The highest BCUT2D eigenvalue weighted by Crippen LogP contribution is 2.44. The van der Waals surface area contributed by atoms with E-state index in [0.717, 1.165) is 45.0 Å². The Hall–Kier alpha value is -1.51. The van der Waals surface area contributed by atoms with Gasteiger partial charge in [-0.05, 0) is 57.4 Å². The molecule has 1 saturated carbocycles. The van der Waals surface area contributed by atoms with Gasteiger partial charge in [0.05, 0.1) is 11.4 Å². The fourth-order valence-electron chi connectivity index (χ4n) is 3.77. The SMILES string of the molecule is Cc1nc(NC(=O)CSc2nc(C3CC3)nc3sc4c(c23)CC[C@@H](C)C4)sc1C. The zero-order chi connectivity index (χ0) is 20.1. The fraction of sp³-hybridized carbons (Fsp3) is 0.524. The van der Waals surface area contributed by atoms with Gasteiger partial charge < -0.3 is 5.32 Å². The lowest BCUT2D eigenvalue weighted by Crippen LogP contribution is -2.14. The van der Waals surface area contributed by atoms with E-state index in [-0.39, 0.29) is 5.91 Å². The molecule has 0 spiro atoms. The second-order valence-corrected chi connectivity index (χ2v) is 11.4. The number of amides is 1. The van der Waals surface area contributed by atoms with Crippen LogP contribution in [0.1, 0.15) is 58.9 Å². The zero-order valence-electron chi connectivity index (χ0n) is 16.9. The van der Waals surface area contributed by atoms with E-state index < -0.39 is 0 Å². The maximum absolute atomic E-state index is 12.5. The lowest BCUT2D eigenvalue weighted by Gasteiger charge is -2.18. The molecule has 29 heavy (non-hydrogen) atoms. The largest absolute Gasteiger partial charge is 0.301 e. The molecule has 2 aliphatic carbocycles. The number of thiophene rings is 1. The van der Waals surface area contributed by atoms with Gasteiger partial charge in [-0.3, -0.25) is 4.79 Å². The van der Waals surface area contributed by atoms with Crippen molar-refractivity contribution in [3.63, 3.8) is 0 Å². The van der Waals surface area contributed by atoms with Crippen molar-refractivity contribution in [1.29, 1.82) is 0 Å². The van der Waals surface area contributed by atoms with Gasteiger partial charge in [0.15, 0.2) is 5.13 Å². The maximum atomic E-state index is 12.5. The van der Waals surface area contributed by atoms with Gasteiger partial charge in [-0.2, -0.15) is 0 Å². The summed E-state index contributed by atoms with van der Waals surface area (Å²) < 4.78 is 0. The van der Waals surface area contributed by atoms with E-state index in [1.54, 1.807) is 11.8 Å². The van der Waals surface area contributed by atoms with Gasteiger partial charge in [-0.25, -0.2) is 15.0 Å². The number of thiazole rings is 1. The molecule has 1 N–H and O–H groups in total. The van der Waals surface area contributed by atoms with Gasteiger partial charge >= 0.3 is 0 Å². The Kier molecular flexibility index (Phi) is 5.12. The second-order valence-electron chi connectivity index (χ2n) is 8.19. The van der Waals surface area contributed by atoms with Crippen LogP contribution in [0.25, 0.3) is 10.2 Å².